The van der Waals surface area contributed by atoms with Gasteiger partial charge in [0.25, 0.3) is 5.91 Å². The number of aromatic nitrogens is 1. The number of nitrogens with zero attached hydrogens (tertiary/aromatic N) is 3. The molecule has 1 aromatic carbocycles. The van der Waals surface area contributed by atoms with E-state index in [1.165, 1.54) is 10.5 Å². The molecule has 1 fully saturated rings. The summed E-state index contributed by atoms with van der Waals surface area (Å²) < 4.78 is 10.8. The summed E-state index contributed by atoms with van der Waals surface area (Å²) in [7, 11) is 0. The third-order valence-corrected chi connectivity index (χ3v) is 6.06. The number of nitrogens with one attached hydrogen (secondary N) is 2. The summed E-state index contributed by atoms with van der Waals surface area (Å²) >= 11 is 0. The minimum atomic E-state index is -0.436. The van der Waals surface area contributed by atoms with Crippen LogP contribution in [0.2, 0.25) is 0 Å². The van der Waals surface area contributed by atoms with Crippen LogP contribution >= 0.6 is 0 Å². The maximum absolute atomic E-state index is 12.3. The summed E-state index contributed by atoms with van der Waals surface area (Å²) in [5.41, 5.74) is 3.18. The first-order valence-electron chi connectivity index (χ1n) is 10.8. The van der Waals surface area contributed by atoms with Crippen LogP contribution in [-0.4, -0.2) is 48.8 Å². The van der Waals surface area contributed by atoms with E-state index in [1.807, 2.05) is 12.1 Å². The number of hydrogen-bond acceptors (Lipinski definition) is 7. The van der Waals surface area contributed by atoms with Gasteiger partial charge in [0, 0.05) is 6.04 Å². The fourth-order valence-corrected chi connectivity index (χ4v) is 4.50. The average Bonchev–Trinajstić information content (AvgIpc) is 3.38. The molecule has 0 spiro atoms. The van der Waals surface area contributed by atoms with Gasteiger partial charge in [0.05, 0.1) is 18.2 Å². The zero-order valence-corrected chi connectivity index (χ0v) is 17.5. The average molecular weight is 433 g/mol. The van der Waals surface area contributed by atoms with Gasteiger partial charge in [-0.3, -0.25) is 9.69 Å². The van der Waals surface area contributed by atoms with Crippen molar-refractivity contribution in [3.8, 4) is 11.8 Å². The summed E-state index contributed by atoms with van der Waals surface area (Å²) in [6.45, 7) is 1.19. The molecule has 1 aromatic heterocycles. The standard InChI is InChI=1S/C23H23N5O4/c24-11-15-4-1-3-14-9-16(10-18(14)15)25-8-2-5-17-12-28(23(30)32-17)20-7-6-19-22(26-20)27-21(29)13-31-19/h1,3-4,6-7,16-17,25H,2,5,8-10,12-13H2,(H,26,27,29). The van der Waals surface area contributed by atoms with E-state index >= 15 is 0 Å². The van der Waals surface area contributed by atoms with Gasteiger partial charge < -0.3 is 20.1 Å². The van der Waals surface area contributed by atoms with Crippen molar-refractivity contribution in [1.29, 1.82) is 5.26 Å². The SMILES string of the molecule is N#Cc1cccc2c1CC(NCCCC1CN(c3ccc4c(n3)NC(=O)CO4)C(=O)O1)C2. The lowest BCUT2D eigenvalue weighted by Crippen LogP contribution is -2.31. The molecular weight excluding hydrogens is 410 g/mol. The topological polar surface area (TPSA) is 117 Å². The lowest BCUT2D eigenvalue weighted by Gasteiger charge is -2.19. The molecule has 5 rings (SSSR count). The van der Waals surface area contributed by atoms with E-state index < -0.39 is 6.09 Å². The summed E-state index contributed by atoms with van der Waals surface area (Å²) in [4.78, 5) is 29.7. The minimum Gasteiger partial charge on any atom is -0.480 e. The van der Waals surface area contributed by atoms with Gasteiger partial charge in [0.2, 0.25) is 0 Å². The van der Waals surface area contributed by atoms with Gasteiger partial charge in [-0.15, -0.1) is 0 Å². The number of pyridine rings is 1. The number of amides is 2. The fourth-order valence-electron chi connectivity index (χ4n) is 4.50. The molecule has 9 nitrogen and oxygen atoms in total. The van der Waals surface area contributed by atoms with Crippen LogP contribution in [0.1, 0.15) is 29.5 Å². The maximum atomic E-state index is 12.3. The van der Waals surface area contributed by atoms with Gasteiger partial charge in [-0.2, -0.15) is 5.26 Å². The highest BCUT2D eigenvalue weighted by atomic mass is 16.6. The highest BCUT2D eigenvalue weighted by Crippen LogP contribution is 2.30. The summed E-state index contributed by atoms with van der Waals surface area (Å²) in [5, 5.41) is 15.5. The van der Waals surface area contributed by atoms with E-state index in [-0.39, 0.29) is 18.6 Å². The lowest BCUT2D eigenvalue weighted by molar-refractivity contribution is -0.118. The number of carbonyl (C=O) groups is 2. The number of benzene rings is 1. The van der Waals surface area contributed by atoms with Gasteiger partial charge in [0.15, 0.2) is 18.2 Å². The molecule has 2 atom stereocenters. The van der Waals surface area contributed by atoms with Crippen molar-refractivity contribution in [1.82, 2.24) is 10.3 Å². The van der Waals surface area contributed by atoms with Crippen LogP contribution in [0.4, 0.5) is 16.4 Å². The van der Waals surface area contributed by atoms with Crippen molar-refractivity contribution in [2.75, 3.05) is 29.9 Å². The molecule has 164 valence electrons. The second-order valence-electron chi connectivity index (χ2n) is 8.23. The second-order valence-corrected chi connectivity index (χ2v) is 8.23. The first kappa shape index (κ1) is 20.3. The fraction of sp³-hybridized carbons (Fsp3) is 0.391. The van der Waals surface area contributed by atoms with E-state index in [1.54, 1.807) is 12.1 Å². The minimum absolute atomic E-state index is 0.0394. The first-order valence-corrected chi connectivity index (χ1v) is 10.8. The van der Waals surface area contributed by atoms with E-state index in [4.69, 9.17) is 9.47 Å². The Bertz CT molecular complexity index is 1110. The molecule has 0 saturated carbocycles. The molecule has 9 heteroatoms. The van der Waals surface area contributed by atoms with Crippen LogP contribution < -0.4 is 20.3 Å². The van der Waals surface area contributed by atoms with Crippen LogP contribution in [0.25, 0.3) is 0 Å². The Hall–Kier alpha value is -3.64. The second kappa shape index (κ2) is 8.48. The molecule has 1 saturated heterocycles. The molecule has 0 radical (unpaired) electrons. The van der Waals surface area contributed by atoms with Gasteiger partial charge in [-0.1, -0.05) is 12.1 Å². The Balaban J connectivity index is 1.10. The van der Waals surface area contributed by atoms with Crippen molar-refractivity contribution >= 4 is 23.6 Å². The normalized spacial score (nSPS) is 21.3. The van der Waals surface area contributed by atoms with Gasteiger partial charge in [0.1, 0.15) is 11.9 Å². The summed E-state index contributed by atoms with van der Waals surface area (Å²) in [6, 6.07) is 11.9. The molecule has 3 heterocycles. The monoisotopic (exact) mass is 433 g/mol. The Morgan fingerprint density at radius 3 is 3.03 bits per heavy atom. The molecule has 32 heavy (non-hydrogen) atoms. The van der Waals surface area contributed by atoms with Crippen LogP contribution in [0.5, 0.6) is 5.75 Å². The zero-order chi connectivity index (χ0) is 22.1. The van der Waals surface area contributed by atoms with Crippen molar-refractivity contribution in [2.24, 2.45) is 0 Å². The number of nitriles is 1. The lowest BCUT2D eigenvalue weighted by atomic mass is 10.0. The number of ether oxygens (including phenoxy) is 2. The number of anilines is 2. The van der Waals surface area contributed by atoms with Gasteiger partial charge in [-0.25, -0.2) is 9.78 Å². The molecule has 1 aliphatic carbocycles. The predicted octanol–water partition coefficient (Wildman–Crippen LogP) is 2.15. The Morgan fingerprint density at radius 2 is 2.16 bits per heavy atom. The number of rotatable bonds is 6. The Labute approximate surface area is 185 Å². The van der Waals surface area contributed by atoms with Crippen LogP contribution in [0.15, 0.2) is 30.3 Å². The van der Waals surface area contributed by atoms with Crippen molar-refractivity contribution in [2.45, 2.75) is 37.8 Å². The third-order valence-electron chi connectivity index (χ3n) is 6.06. The third kappa shape index (κ3) is 3.97. The first-order chi connectivity index (χ1) is 15.6. The molecule has 2 N–H and O–H groups in total. The molecule has 3 aliphatic rings. The Kier molecular flexibility index (Phi) is 5.37. The molecule has 2 aliphatic heterocycles. The maximum Gasteiger partial charge on any atom is 0.415 e. The molecule has 0 bridgehead atoms. The smallest absolute Gasteiger partial charge is 0.415 e. The van der Waals surface area contributed by atoms with Crippen molar-refractivity contribution in [3.63, 3.8) is 0 Å². The highest BCUT2D eigenvalue weighted by molar-refractivity contribution is 5.95. The molecule has 2 unspecified atom stereocenters. The summed E-state index contributed by atoms with van der Waals surface area (Å²) in [5.74, 6) is 0.957. The zero-order valence-electron chi connectivity index (χ0n) is 17.5. The van der Waals surface area contributed by atoms with Crippen LogP contribution in [-0.2, 0) is 22.4 Å². The largest absolute Gasteiger partial charge is 0.480 e. The van der Waals surface area contributed by atoms with Crippen LogP contribution in [0, 0.1) is 11.3 Å². The highest BCUT2D eigenvalue weighted by Gasteiger charge is 2.33. The van der Waals surface area contributed by atoms with E-state index in [0.717, 1.165) is 43.4 Å². The quantitative estimate of drug-likeness (QED) is 0.671. The number of hydrogen-bond donors (Lipinski definition) is 2. The van der Waals surface area contributed by atoms with E-state index in [2.05, 4.69) is 27.8 Å². The number of cyclic esters (lactones) is 1. The number of fused-ring (bicyclic) bond motifs is 2. The number of carbonyl (C=O) groups excluding carboxylic acids is 2. The summed E-state index contributed by atoms with van der Waals surface area (Å²) in [6.07, 6.45) is 2.76. The van der Waals surface area contributed by atoms with E-state index in [9.17, 15) is 14.9 Å². The molecular formula is C23H23N5O4. The van der Waals surface area contributed by atoms with Crippen molar-refractivity contribution < 1.29 is 19.1 Å². The predicted molar refractivity (Wildman–Crippen MR) is 116 cm³/mol. The molecule has 2 aromatic rings. The molecule has 2 amide bonds. The Morgan fingerprint density at radius 1 is 1.25 bits per heavy atom. The van der Waals surface area contributed by atoms with Gasteiger partial charge in [-0.05, 0) is 61.6 Å². The van der Waals surface area contributed by atoms with Crippen molar-refractivity contribution in [3.05, 3.63) is 47.0 Å². The van der Waals surface area contributed by atoms with Gasteiger partial charge >= 0.3 is 6.09 Å². The van der Waals surface area contributed by atoms with Crippen LogP contribution in [0.3, 0.4) is 0 Å². The van der Waals surface area contributed by atoms with E-state index in [0.29, 0.717) is 30.0 Å².